The minimum Gasteiger partial charge on any atom is -0.365 e. The van der Waals surface area contributed by atoms with Crippen LogP contribution in [0.2, 0.25) is 10.3 Å². The molecule has 0 saturated heterocycles. The summed E-state index contributed by atoms with van der Waals surface area (Å²) in [7, 11) is 0. The number of primary amides is 1. The van der Waals surface area contributed by atoms with Gasteiger partial charge >= 0.3 is 0 Å². The maximum atomic E-state index is 10.6. The summed E-state index contributed by atoms with van der Waals surface area (Å²) in [5.74, 6) is -0.667. The third kappa shape index (κ3) is 1.82. The molecule has 0 atom stereocenters. The van der Waals surface area contributed by atoms with Crippen molar-refractivity contribution in [1.82, 2.24) is 4.98 Å². The number of nitrogens with two attached hydrogens (primary N) is 1. The molecular formula is C6H3Cl2N2O. The fourth-order valence-corrected chi connectivity index (χ4v) is 0.967. The van der Waals surface area contributed by atoms with E-state index < -0.39 is 5.91 Å². The van der Waals surface area contributed by atoms with Gasteiger partial charge in [0.1, 0.15) is 10.3 Å². The van der Waals surface area contributed by atoms with E-state index in [0.29, 0.717) is 0 Å². The highest BCUT2D eigenvalue weighted by Crippen LogP contribution is 2.14. The van der Waals surface area contributed by atoms with Gasteiger partial charge in [0.15, 0.2) is 0 Å². The van der Waals surface area contributed by atoms with Crippen molar-refractivity contribution in [3.05, 3.63) is 28.0 Å². The minimum absolute atomic E-state index is 0.0231. The number of nitrogens with zero attached hydrogens (tertiary/aromatic N) is 1. The number of amides is 1. The molecule has 0 bridgehead atoms. The maximum Gasteiger partial charge on any atom is 0.252 e. The summed E-state index contributed by atoms with van der Waals surface area (Å²) in [6.45, 7) is 0. The van der Waals surface area contributed by atoms with Gasteiger partial charge in [-0.15, -0.1) is 0 Å². The Balaban J connectivity index is 3.20. The van der Waals surface area contributed by atoms with Crippen LogP contribution in [0, 0.1) is 6.07 Å². The van der Waals surface area contributed by atoms with Gasteiger partial charge in [-0.05, 0) is 6.07 Å². The lowest BCUT2D eigenvalue weighted by Gasteiger charge is -1.96. The predicted molar refractivity (Wildman–Crippen MR) is 41.6 cm³/mol. The standard InChI is InChI=1S/C6H3Cl2N2O/c7-4-2-1-3(6(9)11)5(8)10-4/h2H,(H2,9,11). The van der Waals surface area contributed by atoms with Gasteiger partial charge in [-0.2, -0.15) is 0 Å². The molecular weight excluding hydrogens is 187 g/mol. The molecule has 1 heterocycles. The Morgan fingerprint density at radius 1 is 1.64 bits per heavy atom. The van der Waals surface area contributed by atoms with Crippen LogP contribution in [0.4, 0.5) is 0 Å². The van der Waals surface area contributed by atoms with E-state index in [-0.39, 0.29) is 15.9 Å². The predicted octanol–water partition coefficient (Wildman–Crippen LogP) is 1.29. The average Bonchev–Trinajstić information content (AvgIpc) is 1.85. The van der Waals surface area contributed by atoms with Crippen molar-refractivity contribution in [3.63, 3.8) is 0 Å². The van der Waals surface area contributed by atoms with Crippen LogP contribution in [-0.4, -0.2) is 10.9 Å². The Labute approximate surface area is 73.1 Å². The first-order chi connectivity index (χ1) is 5.11. The third-order valence-corrected chi connectivity index (χ3v) is 1.46. The first kappa shape index (κ1) is 8.30. The molecule has 0 aliphatic heterocycles. The Hall–Kier alpha value is -0.800. The topological polar surface area (TPSA) is 56.0 Å². The van der Waals surface area contributed by atoms with Crippen molar-refractivity contribution in [3.8, 4) is 0 Å². The number of pyridine rings is 1. The number of carbonyl (C=O) groups is 1. The molecule has 2 N–H and O–H groups in total. The number of carbonyl (C=O) groups excluding carboxylic acids is 1. The smallest absolute Gasteiger partial charge is 0.252 e. The van der Waals surface area contributed by atoms with Crippen molar-refractivity contribution in [1.29, 1.82) is 0 Å². The highest BCUT2D eigenvalue weighted by molar-refractivity contribution is 6.34. The zero-order chi connectivity index (χ0) is 8.43. The van der Waals surface area contributed by atoms with Gasteiger partial charge in [0.05, 0.1) is 5.56 Å². The summed E-state index contributed by atoms with van der Waals surface area (Å²) in [6.07, 6.45) is 0. The average molecular weight is 190 g/mol. The van der Waals surface area contributed by atoms with Crippen LogP contribution in [0.3, 0.4) is 0 Å². The summed E-state index contributed by atoms with van der Waals surface area (Å²) < 4.78 is 0. The van der Waals surface area contributed by atoms with Crippen LogP contribution in [0.1, 0.15) is 10.4 Å². The molecule has 1 rings (SSSR count). The zero-order valence-electron chi connectivity index (χ0n) is 5.27. The fourth-order valence-electron chi connectivity index (χ4n) is 0.546. The third-order valence-electron chi connectivity index (χ3n) is 0.993. The number of hydrogen-bond donors (Lipinski definition) is 1. The molecule has 1 aromatic heterocycles. The van der Waals surface area contributed by atoms with Gasteiger partial charge in [-0.1, -0.05) is 23.2 Å². The molecule has 0 saturated carbocycles. The summed E-state index contributed by atoms with van der Waals surface area (Å²) in [5, 5.41) is 0.157. The lowest BCUT2D eigenvalue weighted by atomic mass is 10.3. The number of halogens is 2. The highest BCUT2D eigenvalue weighted by atomic mass is 35.5. The van der Waals surface area contributed by atoms with Crippen molar-refractivity contribution >= 4 is 29.1 Å². The minimum atomic E-state index is -0.667. The lowest BCUT2D eigenvalue weighted by Crippen LogP contribution is -2.12. The summed E-state index contributed by atoms with van der Waals surface area (Å²) in [6, 6.07) is 3.83. The fraction of sp³-hybridized carbons (Fsp3) is 0. The maximum absolute atomic E-state index is 10.6. The van der Waals surface area contributed by atoms with E-state index >= 15 is 0 Å². The largest absolute Gasteiger partial charge is 0.365 e. The van der Waals surface area contributed by atoms with Gasteiger partial charge in [0.2, 0.25) is 0 Å². The quantitative estimate of drug-likeness (QED) is 0.678. The summed E-state index contributed by atoms with van der Waals surface area (Å²) in [5.41, 5.74) is 4.98. The second kappa shape index (κ2) is 3.07. The van der Waals surface area contributed by atoms with Crippen molar-refractivity contribution < 1.29 is 4.79 Å². The molecule has 57 valence electrons. The van der Waals surface area contributed by atoms with Crippen LogP contribution in [0.15, 0.2) is 6.07 Å². The number of hydrogen-bond acceptors (Lipinski definition) is 2. The van der Waals surface area contributed by atoms with Crippen molar-refractivity contribution in [2.24, 2.45) is 5.73 Å². The van der Waals surface area contributed by atoms with Gasteiger partial charge < -0.3 is 5.73 Å². The molecule has 1 aromatic rings. The molecule has 0 aliphatic carbocycles. The van der Waals surface area contributed by atoms with E-state index in [0.717, 1.165) is 0 Å². The van der Waals surface area contributed by atoms with E-state index in [4.69, 9.17) is 28.9 Å². The Morgan fingerprint density at radius 3 is 2.73 bits per heavy atom. The Bertz CT molecular complexity index is 301. The normalized spacial score (nSPS) is 9.64. The summed E-state index contributed by atoms with van der Waals surface area (Å²) >= 11 is 10.9. The molecule has 1 radical (unpaired) electrons. The van der Waals surface area contributed by atoms with Gasteiger partial charge in [0.25, 0.3) is 5.91 Å². The Morgan fingerprint density at radius 2 is 2.27 bits per heavy atom. The van der Waals surface area contributed by atoms with Gasteiger partial charge in [0, 0.05) is 6.07 Å². The van der Waals surface area contributed by atoms with Gasteiger partial charge in [-0.25, -0.2) is 4.98 Å². The Kier molecular flexibility index (Phi) is 2.31. The molecule has 0 spiro atoms. The second-order valence-corrected chi connectivity index (χ2v) is 2.50. The molecule has 0 unspecified atom stereocenters. The van der Waals surface area contributed by atoms with Crippen LogP contribution in [0.5, 0.6) is 0 Å². The molecule has 0 aromatic carbocycles. The van der Waals surface area contributed by atoms with Crippen LogP contribution < -0.4 is 5.73 Å². The van der Waals surface area contributed by atoms with Crippen LogP contribution in [-0.2, 0) is 0 Å². The molecule has 1 amide bonds. The highest BCUT2D eigenvalue weighted by Gasteiger charge is 2.07. The van der Waals surface area contributed by atoms with Crippen LogP contribution in [0.25, 0.3) is 0 Å². The SMILES string of the molecule is NC(=O)c1[c]cc(Cl)nc1Cl. The molecule has 11 heavy (non-hydrogen) atoms. The van der Waals surface area contributed by atoms with Crippen molar-refractivity contribution in [2.75, 3.05) is 0 Å². The van der Waals surface area contributed by atoms with E-state index in [9.17, 15) is 4.79 Å². The first-order valence-corrected chi connectivity index (χ1v) is 3.40. The van der Waals surface area contributed by atoms with E-state index in [1.54, 1.807) is 0 Å². The monoisotopic (exact) mass is 189 g/mol. The molecule has 0 fully saturated rings. The number of aromatic nitrogens is 1. The lowest BCUT2D eigenvalue weighted by molar-refractivity contribution is 0.1000. The zero-order valence-corrected chi connectivity index (χ0v) is 6.78. The van der Waals surface area contributed by atoms with E-state index in [2.05, 4.69) is 11.1 Å². The van der Waals surface area contributed by atoms with Gasteiger partial charge in [-0.3, -0.25) is 4.79 Å². The molecule has 0 aliphatic rings. The summed E-state index contributed by atoms with van der Waals surface area (Å²) in [4.78, 5) is 14.2. The first-order valence-electron chi connectivity index (χ1n) is 2.65. The molecule has 3 nitrogen and oxygen atoms in total. The number of rotatable bonds is 1. The molecule has 5 heteroatoms. The van der Waals surface area contributed by atoms with E-state index in [1.807, 2.05) is 0 Å². The van der Waals surface area contributed by atoms with Crippen LogP contribution >= 0.6 is 23.2 Å². The van der Waals surface area contributed by atoms with Crippen molar-refractivity contribution in [2.45, 2.75) is 0 Å². The van der Waals surface area contributed by atoms with E-state index in [1.165, 1.54) is 6.07 Å². The second-order valence-electron chi connectivity index (χ2n) is 1.75.